The molecule has 0 radical (unpaired) electrons. The summed E-state index contributed by atoms with van der Waals surface area (Å²) in [6.07, 6.45) is 2.79. The molecule has 2 aliphatic rings. The number of rotatable bonds is 4. The number of hydrogen-bond acceptors (Lipinski definition) is 5. The maximum atomic E-state index is 13.0. The van der Waals surface area contributed by atoms with Crippen molar-refractivity contribution in [3.63, 3.8) is 0 Å². The van der Waals surface area contributed by atoms with Crippen LogP contribution in [0.5, 0.6) is 5.75 Å². The van der Waals surface area contributed by atoms with Crippen LogP contribution in [0, 0.1) is 17.7 Å². The zero-order chi connectivity index (χ0) is 17.4. The van der Waals surface area contributed by atoms with Crippen molar-refractivity contribution >= 4 is 0 Å². The number of aromatic nitrogens is 3. The average molecular weight is 346 g/mol. The first-order chi connectivity index (χ1) is 12.1. The zero-order valence-corrected chi connectivity index (χ0v) is 14.3. The number of aryl methyl sites for hydroxylation is 1. The van der Waals surface area contributed by atoms with Crippen molar-refractivity contribution < 1.29 is 14.2 Å². The Bertz CT molecular complexity index is 720. The van der Waals surface area contributed by atoms with Gasteiger partial charge in [0.1, 0.15) is 17.7 Å². The Morgan fingerprint density at radius 1 is 1.20 bits per heavy atom. The molecule has 0 amide bonds. The molecule has 25 heavy (non-hydrogen) atoms. The number of hydrogen-bond donors (Lipinski definition) is 1. The van der Waals surface area contributed by atoms with Crippen molar-refractivity contribution in [3.8, 4) is 5.75 Å². The summed E-state index contributed by atoms with van der Waals surface area (Å²) in [6.45, 7) is 2.75. The van der Waals surface area contributed by atoms with Gasteiger partial charge in [0, 0.05) is 32.9 Å². The normalized spacial score (nSPS) is 29.6. The van der Waals surface area contributed by atoms with Crippen molar-refractivity contribution in [1.82, 2.24) is 19.9 Å². The van der Waals surface area contributed by atoms with Crippen LogP contribution in [-0.4, -0.2) is 50.3 Å². The van der Waals surface area contributed by atoms with Crippen LogP contribution < -0.4 is 4.74 Å². The standard InChI is InChI=1S/C18H23FN4O2/c1-22-10-15(20-21-22)11-23-8-12-6-17(24)18(7-13(12)9-23)25-16-4-2-14(19)3-5-16/h2-5,10,12-13,17-18,24H,6-9,11H2,1H3/t12-,13+,17+,18+/m0/s1. The number of halogens is 1. The number of aliphatic hydroxyl groups is 1. The number of fused-ring (bicyclic) bond motifs is 1. The lowest BCUT2D eigenvalue weighted by Gasteiger charge is -2.35. The van der Waals surface area contributed by atoms with Crippen LogP contribution in [0.4, 0.5) is 4.39 Å². The minimum Gasteiger partial charge on any atom is -0.488 e. The molecule has 0 unspecified atom stereocenters. The van der Waals surface area contributed by atoms with Gasteiger partial charge < -0.3 is 9.84 Å². The Morgan fingerprint density at radius 2 is 1.92 bits per heavy atom. The molecule has 1 N–H and O–H groups in total. The number of likely N-dealkylation sites (tertiary alicyclic amines) is 1. The predicted octanol–water partition coefficient (Wildman–Crippen LogP) is 1.60. The second kappa shape index (κ2) is 6.72. The molecule has 0 bridgehead atoms. The van der Waals surface area contributed by atoms with Crippen LogP contribution in [0.15, 0.2) is 30.5 Å². The second-order valence-electron chi connectivity index (χ2n) is 7.25. The molecule has 0 spiro atoms. The van der Waals surface area contributed by atoms with Gasteiger partial charge >= 0.3 is 0 Å². The fourth-order valence-corrected chi connectivity index (χ4v) is 4.13. The molecular weight excluding hydrogens is 323 g/mol. The Morgan fingerprint density at radius 3 is 2.60 bits per heavy atom. The molecule has 1 aliphatic heterocycles. The van der Waals surface area contributed by atoms with E-state index in [1.165, 1.54) is 12.1 Å². The molecule has 7 heteroatoms. The molecule has 4 atom stereocenters. The summed E-state index contributed by atoms with van der Waals surface area (Å²) in [6, 6.07) is 5.99. The molecular formula is C18H23FN4O2. The Labute approximate surface area is 146 Å². The summed E-state index contributed by atoms with van der Waals surface area (Å²) >= 11 is 0. The van der Waals surface area contributed by atoms with E-state index in [0.29, 0.717) is 17.6 Å². The van der Waals surface area contributed by atoms with Crippen LogP contribution in [0.1, 0.15) is 18.5 Å². The molecule has 6 nitrogen and oxygen atoms in total. The third-order valence-electron chi connectivity index (χ3n) is 5.30. The summed E-state index contributed by atoms with van der Waals surface area (Å²) in [5.74, 6) is 1.32. The van der Waals surface area contributed by atoms with E-state index in [9.17, 15) is 9.50 Å². The number of benzene rings is 1. The van der Waals surface area contributed by atoms with Crippen molar-refractivity contribution in [2.75, 3.05) is 13.1 Å². The summed E-state index contributed by atoms with van der Waals surface area (Å²) in [4.78, 5) is 2.38. The SMILES string of the molecule is Cn1cc(CN2C[C@H]3C[C@@H](Oc4ccc(F)cc4)[C@H](O)C[C@H]3C2)nn1. The first-order valence-corrected chi connectivity index (χ1v) is 8.74. The van der Waals surface area contributed by atoms with Crippen molar-refractivity contribution in [3.05, 3.63) is 42.0 Å². The molecule has 1 saturated carbocycles. The van der Waals surface area contributed by atoms with Crippen LogP contribution in [-0.2, 0) is 13.6 Å². The van der Waals surface area contributed by atoms with Gasteiger partial charge in [0.2, 0.25) is 0 Å². The topological polar surface area (TPSA) is 63.4 Å². The third-order valence-corrected chi connectivity index (χ3v) is 5.30. The number of ether oxygens (including phenoxy) is 1. The Hall–Kier alpha value is -1.99. The Kier molecular flexibility index (Phi) is 4.43. The summed E-state index contributed by atoms with van der Waals surface area (Å²) in [5, 5.41) is 18.6. The molecule has 2 fully saturated rings. The highest BCUT2D eigenvalue weighted by molar-refractivity contribution is 5.22. The molecule has 134 valence electrons. The maximum absolute atomic E-state index is 13.0. The van der Waals surface area contributed by atoms with Crippen LogP contribution >= 0.6 is 0 Å². The highest BCUT2D eigenvalue weighted by Crippen LogP contribution is 2.38. The molecule has 1 aromatic carbocycles. The van der Waals surface area contributed by atoms with Gasteiger partial charge in [0.25, 0.3) is 0 Å². The van der Waals surface area contributed by atoms with Gasteiger partial charge in [0.15, 0.2) is 0 Å². The van der Waals surface area contributed by atoms with Crippen molar-refractivity contribution in [2.24, 2.45) is 18.9 Å². The van der Waals surface area contributed by atoms with Gasteiger partial charge in [-0.2, -0.15) is 0 Å². The predicted molar refractivity (Wildman–Crippen MR) is 89.3 cm³/mol. The monoisotopic (exact) mass is 346 g/mol. The molecule has 1 aromatic heterocycles. The van der Waals surface area contributed by atoms with Gasteiger partial charge in [-0.05, 0) is 48.9 Å². The minimum absolute atomic E-state index is 0.233. The van der Waals surface area contributed by atoms with Crippen molar-refractivity contribution in [2.45, 2.75) is 31.6 Å². The maximum Gasteiger partial charge on any atom is 0.125 e. The van der Waals surface area contributed by atoms with E-state index in [2.05, 4.69) is 15.2 Å². The highest BCUT2D eigenvalue weighted by atomic mass is 19.1. The molecule has 4 rings (SSSR count). The fourth-order valence-electron chi connectivity index (χ4n) is 4.13. The first-order valence-electron chi connectivity index (χ1n) is 8.74. The lowest BCUT2D eigenvalue weighted by atomic mass is 9.78. The van der Waals surface area contributed by atoms with E-state index in [4.69, 9.17) is 4.74 Å². The summed E-state index contributed by atoms with van der Waals surface area (Å²) < 4.78 is 20.7. The zero-order valence-electron chi connectivity index (χ0n) is 14.3. The summed E-state index contributed by atoms with van der Waals surface area (Å²) in [5.41, 5.74) is 0.973. The minimum atomic E-state index is -0.484. The van der Waals surface area contributed by atoms with Crippen LogP contribution in [0.25, 0.3) is 0 Å². The lowest BCUT2D eigenvalue weighted by molar-refractivity contribution is -0.0231. The molecule has 1 aliphatic carbocycles. The first kappa shape index (κ1) is 16.5. The quantitative estimate of drug-likeness (QED) is 0.911. The fraction of sp³-hybridized carbons (Fsp3) is 0.556. The molecule has 2 aromatic rings. The largest absolute Gasteiger partial charge is 0.488 e. The van der Waals surface area contributed by atoms with E-state index in [1.54, 1.807) is 16.8 Å². The van der Waals surface area contributed by atoms with Crippen LogP contribution in [0.2, 0.25) is 0 Å². The average Bonchev–Trinajstić information content (AvgIpc) is 3.15. The van der Waals surface area contributed by atoms with Crippen LogP contribution in [0.3, 0.4) is 0 Å². The Balaban J connectivity index is 1.37. The second-order valence-corrected chi connectivity index (χ2v) is 7.25. The lowest BCUT2D eigenvalue weighted by Crippen LogP contribution is -2.42. The summed E-state index contributed by atoms with van der Waals surface area (Å²) in [7, 11) is 1.87. The van der Waals surface area contributed by atoms with Gasteiger partial charge in [-0.1, -0.05) is 5.21 Å². The van der Waals surface area contributed by atoms with Crippen molar-refractivity contribution in [1.29, 1.82) is 0 Å². The van der Waals surface area contributed by atoms with Gasteiger partial charge in [-0.3, -0.25) is 9.58 Å². The molecule has 2 heterocycles. The smallest absolute Gasteiger partial charge is 0.125 e. The van der Waals surface area contributed by atoms with E-state index >= 15 is 0 Å². The van der Waals surface area contributed by atoms with E-state index in [-0.39, 0.29) is 11.9 Å². The number of aliphatic hydroxyl groups excluding tert-OH is 1. The third kappa shape index (κ3) is 3.67. The van der Waals surface area contributed by atoms with Gasteiger partial charge in [-0.25, -0.2) is 4.39 Å². The van der Waals surface area contributed by atoms with E-state index < -0.39 is 6.10 Å². The van der Waals surface area contributed by atoms with Gasteiger partial charge in [0.05, 0.1) is 11.8 Å². The number of nitrogens with zero attached hydrogens (tertiary/aromatic N) is 4. The highest BCUT2D eigenvalue weighted by Gasteiger charge is 2.42. The van der Waals surface area contributed by atoms with E-state index in [0.717, 1.165) is 38.2 Å². The van der Waals surface area contributed by atoms with E-state index in [1.807, 2.05) is 13.2 Å². The molecule has 1 saturated heterocycles. The van der Waals surface area contributed by atoms with Gasteiger partial charge in [-0.15, -0.1) is 5.10 Å².